The summed E-state index contributed by atoms with van der Waals surface area (Å²) in [5.74, 6) is 0. The number of hydrogen-bond donors (Lipinski definition) is 0. The van der Waals surface area contributed by atoms with Crippen molar-refractivity contribution in [2.75, 3.05) is 0 Å². The van der Waals surface area contributed by atoms with Crippen molar-refractivity contribution in [3.05, 3.63) is 15.0 Å². The Morgan fingerprint density at radius 1 is 1.60 bits per heavy atom. The molecule has 0 N–H and O–H groups in total. The van der Waals surface area contributed by atoms with Crippen molar-refractivity contribution in [3.63, 3.8) is 0 Å². The number of rotatable bonds is 2. The van der Waals surface area contributed by atoms with Crippen LogP contribution in [0.25, 0.3) is 0 Å². The van der Waals surface area contributed by atoms with Crippen LogP contribution < -0.4 is 0 Å². The van der Waals surface area contributed by atoms with E-state index in [9.17, 15) is 4.21 Å². The van der Waals surface area contributed by atoms with Gasteiger partial charge in [0.25, 0.3) is 0 Å². The summed E-state index contributed by atoms with van der Waals surface area (Å²) in [6.45, 7) is 7.53. The van der Waals surface area contributed by atoms with Gasteiger partial charge >= 0.3 is 0 Å². The lowest BCUT2D eigenvalue weighted by atomic mass is 10.3. The fourth-order valence-corrected chi connectivity index (χ4v) is 2.59. The molecule has 0 amide bonds. The highest BCUT2D eigenvalue weighted by Gasteiger charge is 2.19. The second-order valence-electron chi connectivity index (χ2n) is 4.01. The zero-order chi connectivity index (χ0) is 11.6. The summed E-state index contributed by atoms with van der Waals surface area (Å²) in [7, 11) is -1.22. The topological polar surface area (TPSA) is 42.3 Å². The normalized spacial score (nSPS) is 15.4. The first-order valence-corrected chi connectivity index (χ1v) is 7.17. The molecule has 0 unspecified atom stereocenters. The Bertz CT molecular complexity index is 406. The molecule has 0 saturated heterocycles. The van der Waals surface area contributed by atoms with Crippen LogP contribution in [-0.4, -0.2) is 19.7 Å². The molecule has 15 heavy (non-hydrogen) atoms. The fraction of sp³-hybridized carbons (Fsp3) is 0.556. The zero-order valence-corrected chi connectivity index (χ0v) is 12.3. The van der Waals surface area contributed by atoms with E-state index in [0.717, 1.165) is 15.3 Å². The molecule has 3 nitrogen and oxygen atoms in total. The fourth-order valence-electron chi connectivity index (χ4n) is 0.721. The molecule has 0 radical (unpaired) electrons. The number of hydrogen-bond acceptors (Lipinski definition) is 3. The highest BCUT2D eigenvalue weighted by atomic mass is 79.9. The van der Waals surface area contributed by atoms with Gasteiger partial charge in [-0.2, -0.15) is 4.40 Å². The van der Waals surface area contributed by atoms with Crippen LogP contribution in [0.1, 0.15) is 32.7 Å². The minimum Gasteiger partial charge on any atom is -0.234 e. The Labute approximate surface area is 105 Å². The predicted octanol–water partition coefficient (Wildman–Crippen LogP) is 3.18. The monoisotopic (exact) mass is 308 g/mol. The molecule has 0 spiro atoms. The average molecular weight is 309 g/mol. The van der Waals surface area contributed by atoms with E-state index in [-0.39, 0.29) is 4.75 Å². The molecule has 1 atom stereocenters. The summed E-state index contributed by atoms with van der Waals surface area (Å²) in [5, 5.41) is 2.69. The third kappa shape index (κ3) is 3.77. The maximum Gasteiger partial charge on any atom is 0.145 e. The SMILES string of the molecule is CC(=N[S@](=O)C(C)(C)C)c1nc(Br)cs1. The Morgan fingerprint density at radius 2 is 2.20 bits per heavy atom. The lowest BCUT2D eigenvalue weighted by Gasteiger charge is -2.13. The highest BCUT2D eigenvalue weighted by molar-refractivity contribution is 9.10. The molecular weight excluding hydrogens is 296 g/mol. The van der Waals surface area contributed by atoms with Gasteiger partial charge in [0, 0.05) is 5.38 Å². The third-order valence-corrected chi connectivity index (χ3v) is 4.68. The highest BCUT2D eigenvalue weighted by Crippen LogP contribution is 2.18. The Morgan fingerprint density at radius 3 is 2.60 bits per heavy atom. The van der Waals surface area contributed by atoms with Crippen LogP contribution in [0.15, 0.2) is 14.4 Å². The molecule has 1 aromatic heterocycles. The van der Waals surface area contributed by atoms with E-state index in [1.54, 1.807) is 0 Å². The van der Waals surface area contributed by atoms with Crippen LogP contribution in [0.4, 0.5) is 0 Å². The molecule has 0 aromatic carbocycles. The van der Waals surface area contributed by atoms with Crippen LogP contribution in [0.5, 0.6) is 0 Å². The summed E-state index contributed by atoms with van der Waals surface area (Å²) >= 11 is 4.76. The van der Waals surface area contributed by atoms with Crippen molar-refractivity contribution in [2.24, 2.45) is 4.40 Å². The molecule has 84 valence electrons. The van der Waals surface area contributed by atoms with E-state index in [4.69, 9.17) is 0 Å². The van der Waals surface area contributed by atoms with E-state index in [1.807, 2.05) is 33.1 Å². The Kier molecular flexibility index (Phi) is 4.20. The van der Waals surface area contributed by atoms with Crippen molar-refractivity contribution in [3.8, 4) is 0 Å². The van der Waals surface area contributed by atoms with Crippen LogP contribution in [-0.2, 0) is 11.0 Å². The van der Waals surface area contributed by atoms with Gasteiger partial charge in [0.1, 0.15) is 20.6 Å². The van der Waals surface area contributed by atoms with Crippen LogP contribution >= 0.6 is 27.3 Å². The summed E-state index contributed by atoms with van der Waals surface area (Å²) in [5.41, 5.74) is 0.721. The minimum atomic E-state index is -1.22. The van der Waals surface area contributed by atoms with Crippen molar-refractivity contribution < 1.29 is 4.21 Å². The molecule has 1 aromatic rings. The van der Waals surface area contributed by atoms with Crippen molar-refractivity contribution >= 4 is 44.0 Å². The average Bonchev–Trinajstić information content (AvgIpc) is 2.50. The van der Waals surface area contributed by atoms with Gasteiger partial charge in [-0.15, -0.1) is 11.3 Å². The van der Waals surface area contributed by atoms with Gasteiger partial charge in [0.15, 0.2) is 0 Å². The molecule has 0 aliphatic rings. The molecule has 0 saturated carbocycles. The molecule has 0 fully saturated rings. The maximum atomic E-state index is 11.7. The van der Waals surface area contributed by atoms with Crippen LogP contribution in [0.3, 0.4) is 0 Å². The molecule has 1 heterocycles. The first-order valence-electron chi connectivity index (χ1n) is 4.39. The molecule has 6 heteroatoms. The molecule has 0 aliphatic carbocycles. The minimum absolute atomic E-state index is 0.324. The van der Waals surface area contributed by atoms with Crippen LogP contribution in [0, 0.1) is 0 Å². The van der Waals surface area contributed by atoms with Crippen LogP contribution in [0.2, 0.25) is 0 Å². The Balaban J connectivity index is 2.90. The van der Waals surface area contributed by atoms with Gasteiger partial charge in [-0.05, 0) is 43.6 Å². The molecule has 1 rings (SSSR count). The predicted molar refractivity (Wildman–Crippen MR) is 69.9 cm³/mol. The quantitative estimate of drug-likeness (QED) is 0.787. The largest absolute Gasteiger partial charge is 0.234 e. The lowest BCUT2D eigenvalue weighted by Crippen LogP contribution is -2.20. The van der Waals surface area contributed by atoms with Gasteiger partial charge < -0.3 is 0 Å². The van der Waals surface area contributed by atoms with Gasteiger partial charge in [-0.1, -0.05) is 0 Å². The smallest absolute Gasteiger partial charge is 0.145 e. The van der Waals surface area contributed by atoms with E-state index in [2.05, 4.69) is 25.3 Å². The molecule has 0 bridgehead atoms. The summed E-state index contributed by atoms with van der Waals surface area (Å²) in [6, 6.07) is 0. The first-order chi connectivity index (χ1) is 6.80. The second kappa shape index (κ2) is 4.84. The maximum absolute atomic E-state index is 11.7. The summed E-state index contributed by atoms with van der Waals surface area (Å²) in [6.07, 6.45) is 0. The number of thiazole rings is 1. The van der Waals surface area contributed by atoms with Gasteiger partial charge in [0.05, 0.1) is 10.5 Å². The lowest BCUT2D eigenvalue weighted by molar-refractivity contribution is 0.650. The number of aromatic nitrogens is 1. The van der Waals surface area contributed by atoms with E-state index in [0.29, 0.717) is 0 Å². The van der Waals surface area contributed by atoms with Crippen molar-refractivity contribution in [1.29, 1.82) is 0 Å². The van der Waals surface area contributed by atoms with Crippen molar-refractivity contribution in [2.45, 2.75) is 32.4 Å². The Hall–Kier alpha value is -0.0700. The second-order valence-corrected chi connectivity index (χ2v) is 7.59. The summed E-state index contributed by atoms with van der Waals surface area (Å²) < 4.78 is 16.4. The zero-order valence-electron chi connectivity index (χ0n) is 9.07. The van der Waals surface area contributed by atoms with Gasteiger partial charge in [-0.25, -0.2) is 9.19 Å². The van der Waals surface area contributed by atoms with Crippen molar-refractivity contribution in [1.82, 2.24) is 4.98 Å². The summed E-state index contributed by atoms with van der Waals surface area (Å²) in [4.78, 5) is 4.22. The third-order valence-electron chi connectivity index (χ3n) is 1.53. The first kappa shape index (κ1) is 13.0. The van der Waals surface area contributed by atoms with E-state index in [1.165, 1.54) is 11.3 Å². The standard InChI is InChI=1S/C9H13BrN2OS2/c1-6(8-11-7(10)5-14-8)12-15(13)9(2,3)4/h5H,1-4H3/t15-/m1/s1. The number of nitrogens with zero attached hydrogens (tertiary/aromatic N) is 2. The van der Waals surface area contributed by atoms with E-state index < -0.39 is 11.0 Å². The molecule has 0 aliphatic heterocycles. The van der Waals surface area contributed by atoms with Gasteiger partial charge in [0.2, 0.25) is 0 Å². The number of halogens is 1. The molecular formula is C9H13BrN2OS2. The van der Waals surface area contributed by atoms with E-state index >= 15 is 0 Å². The van der Waals surface area contributed by atoms with Gasteiger partial charge in [-0.3, -0.25) is 0 Å².